The van der Waals surface area contributed by atoms with Crippen molar-refractivity contribution in [2.45, 2.75) is 38.7 Å². The molecular weight excluding hydrogens is 276 g/mol. The third-order valence-corrected chi connectivity index (χ3v) is 6.89. The van der Waals surface area contributed by atoms with Gasteiger partial charge >= 0.3 is 0 Å². The molecule has 2 heterocycles. The number of hydrogen-bond acceptors (Lipinski definition) is 5. The molecule has 2 aliphatic rings. The first-order valence-corrected chi connectivity index (χ1v) is 9.39. The van der Waals surface area contributed by atoms with Crippen molar-refractivity contribution in [2.75, 3.05) is 37.7 Å². The Bertz CT molecular complexity index is 441. The Morgan fingerprint density at radius 3 is 2.25 bits per heavy atom. The first-order valence-electron chi connectivity index (χ1n) is 7.57. The van der Waals surface area contributed by atoms with Crippen LogP contribution in [0.15, 0.2) is 0 Å². The zero-order chi connectivity index (χ0) is 15.0. The second-order valence-corrected chi connectivity index (χ2v) is 9.24. The van der Waals surface area contributed by atoms with E-state index in [1.54, 1.807) is 0 Å². The summed E-state index contributed by atoms with van der Waals surface area (Å²) in [5.74, 6) is 0.830. The van der Waals surface area contributed by atoms with Crippen molar-refractivity contribution in [3.8, 4) is 0 Å². The minimum atomic E-state index is -3.04. The SMILES string of the molecule is CC(C)CN1CCC(O)(C2(CN)CCS(=O)(=O)C2)CC1. The number of hydrogen-bond donors (Lipinski definition) is 2. The van der Waals surface area contributed by atoms with E-state index in [9.17, 15) is 13.5 Å². The second-order valence-electron chi connectivity index (χ2n) is 7.05. The maximum Gasteiger partial charge on any atom is 0.151 e. The van der Waals surface area contributed by atoms with E-state index in [0.29, 0.717) is 25.2 Å². The van der Waals surface area contributed by atoms with Gasteiger partial charge < -0.3 is 15.7 Å². The Morgan fingerprint density at radius 2 is 1.85 bits per heavy atom. The van der Waals surface area contributed by atoms with Crippen LogP contribution in [0.25, 0.3) is 0 Å². The van der Waals surface area contributed by atoms with Gasteiger partial charge in [0.15, 0.2) is 9.84 Å². The molecule has 0 aromatic heterocycles. The molecule has 118 valence electrons. The Balaban J connectivity index is 2.08. The van der Waals surface area contributed by atoms with Crippen LogP contribution >= 0.6 is 0 Å². The van der Waals surface area contributed by atoms with Gasteiger partial charge in [-0.05, 0) is 25.2 Å². The van der Waals surface area contributed by atoms with Crippen LogP contribution < -0.4 is 5.73 Å². The Kier molecular flexibility index (Phi) is 4.50. The number of rotatable bonds is 4. The van der Waals surface area contributed by atoms with Gasteiger partial charge in [-0.25, -0.2) is 8.42 Å². The van der Waals surface area contributed by atoms with Crippen molar-refractivity contribution >= 4 is 9.84 Å². The third-order valence-electron chi connectivity index (χ3n) is 5.07. The summed E-state index contributed by atoms with van der Waals surface area (Å²) in [6, 6.07) is 0. The zero-order valence-corrected chi connectivity index (χ0v) is 13.5. The molecule has 1 unspecified atom stereocenters. The molecule has 0 aromatic carbocycles. The zero-order valence-electron chi connectivity index (χ0n) is 12.6. The van der Waals surface area contributed by atoms with Crippen molar-refractivity contribution in [3.05, 3.63) is 0 Å². The molecule has 20 heavy (non-hydrogen) atoms. The fourth-order valence-electron chi connectivity index (χ4n) is 3.79. The number of likely N-dealkylation sites (tertiary alicyclic amines) is 1. The molecule has 0 spiro atoms. The van der Waals surface area contributed by atoms with Crippen molar-refractivity contribution < 1.29 is 13.5 Å². The quantitative estimate of drug-likeness (QED) is 0.777. The highest BCUT2D eigenvalue weighted by Crippen LogP contribution is 2.46. The van der Waals surface area contributed by atoms with E-state index >= 15 is 0 Å². The van der Waals surface area contributed by atoms with Crippen LogP contribution in [-0.2, 0) is 9.84 Å². The van der Waals surface area contributed by atoms with Crippen molar-refractivity contribution in [1.29, 1.82) is 0 Å². The highest BCUT2D eigenvalue weighted by atomic mass is 32.2. The van der Waals surface area contributed by atoms with Crippen LogP contribution in [0.5, 0.6) is 0 Å². The average molecular weight is 304 g/mol. The molecule has 2 saturated heterocycles. The maximum absolute atomic E-state index is 11.8. The fraction of sp³-hybridized carbons (Fsp3) is 1.00. The number of aliphatic hydroxyl groups is 1. The highest BCUT2D eigenvalue weighted by molar-refractivity contribution is 7.91. The van der Waals surface area contributed by atoms with Gasteiger partial charge in [-0.3, -0.25) is 0 Å². The van der Waals surface area contributed by atoms with Crippen LogP contribution in [0.4, 0.5) is 0 Å². The van der Waals surface area contributed by atoms with Crippen LogP contribution in [0, 0.1) is 11.3 Å². The summed E-state index contributed by atoms with van der Waals surface area (Å²) in [5.41, 5.74) is 4.34. The molecule has 0 aromatic rings. The molecule has 2 aliphatic heterocycles. The summed E-state index contributed by atoms with van der Waals surface area (Å²) in [6.45, 7) is 7.32. The highest BCUT2D eigenvalue weighted by Gasteiger charge is 2.55. The first kappa shape index (κ1) is 16.2. The molecule has 0 radical (unpaired) electrons. The van der Waals surface area contributed by atoms with Crippen molar-refractivity contribution in [3.63, 3.8) is 0 Å². The normalized spacial score (nSPS) is 33.6. The third kappa shape index (κ3) is 3.03. The van der Waals surface area contributed by atoms with Gasteiger partial charge in [-0.1, -0.05) is 13.8 Å². The summed E-state index contributed by atoms with van der Waals surface area (Å²) >= 11 is 0. The minimum absolute atomic E-state index is 0.0528. The smallest absolute Gasteiger partial charge is 0.151 e. The lowest BCUT2D eigenvalue weighted by atomic mass is 9.66. The summed E-state index contributed by atoms with van der Waals surface area (Å²) in [4.78, 5) is 2.35. The molecule has 0 amide bonds. The molecule has 5 nitrogen and oxygen atoms in total. The van der Waals surface area contributed by atoms with Crippen LogP contribution in [-0.4, -0.2) is 61.7 Å². The fourth-order valence-corrected chi connectivity index (χ4v) is 6.01. The molecule has 0 aliphatic carbocycles. The largest absolute Gasteiger partial charge is 0.389 e. The van der Waals surface area contributed by atoms with E-state index in [2.05, 4.69) is 18.7 Å². The molecule has 0 bridgehead atoms. The van der Waals surface area contributed by atoms with Crippen molar-refractivity contribution in [2.24, 2.45) is 17.1 Å². The molecule has 3 N–H and O–H groups in total. The molecule has 0 saturated carbocycles. The van der Waals surface area contributed by atoms with E-state index in [0.717, 1.165) is 19.6 Å². The van der Waals surface area contributed by atoms with Crippen LogP contribution in [0.3, 0.4) is 0 Å². The Morgan fingerprint density at radius 1 is 1.25 bits per heavy atom. The van der Waals surface area contributed by atoms with Gasteiger partial charge in [-0.15, -0.1) is 0 Å². The van der Waals surface area contributed by atoms with E-state index in [1.807, 2.05) is 0 Å². The van der Waals surface area contributed by atoms with E-state index in [4.69, 9.17) is 5.73 Å². The van der Waals surface area contributed by atoms with Gasteiger partial charge in [0.2, 0.25) is 0 Å². The number of nitrogens with zero attached hydrogens (tertiary/aromatic N) is 1. The lowest BCUT2D eigenvalue weighted by Gasteiger charge is -2.48. The van der Waals surface area contributed by atoms with Gasteiger partial charge in [0.1, 0.15) is 0 Å². The number of nitrogens with two attached hydrogens (primary N) is 1. The van der Waals surface area contributed by atoms with E-state index in [-0.39, 0.29) is 18.1 Å². The second kappa shape index (κ2) is 5.55. The van der Waals surface area contributed by atoms with Gasteiger partial charge in [0.05, 0.1) is 17.1 Å². The monoisotopic (exact) mass is 304 g/mol. The molecule has 2 fully saturated rings. The van der Waals surface area contributed by atoms with E-state index < -0.39 is 20.9 Å². The predicted molar refractivity (Wildman–Crippen MR) is 80.2 cm³/mol. The van der Waals surface area contributed by atoms with Crippen LogP contribution in [0.2, 0.25) is 0 Å². The van der Waals surface area contributed by atoms with Gasteiger partial charge in [-0.2, -0.15) is 0 Å². The van der Waals surface area contributed by atoms with Gasteiger partial charge in [0, 0.05) is 31.6 Å². The molecule has 1 atom stereocenters. The van der Waals surface area contributed by atoms with Gasteiger partial charge in [0.25, 0.3) is 0 Å². The Labute approximate surface area is 122 Å². The Hall–Kier alpha value is -0.170. The summed E-state index contributed by atoms with van der Waals surface area (Å²) in [5, 5.41) is 11.0. The number of sulfone groups is 1. The first-order chi connectivity index (χ1) is 9.22. The van der Waals surface area contributed by atoms with Crippen LogP contribution in [0.1, 0.15) is 33.1 Å². The molecular formula is C14H28N2O3S. The minimum Gasteiger partial charge on any atom is -0.389 e. The summed E-state index contributed by atoms with van der Waals surface area (Å²) in [7, 11) is -3.04. The van der Waals surface area contributed by atoms with Crippen molar-refractivity contribution in [1.82, 2.24) is 4.90 Å². The lowest BCUT2D eigenvalue weighted by Crippen LogP contribution is -2.58. The summed E-state index contributed by atoms with van der Waals surface area (Å²) < 4.78 is 23.6. The molecule has 6 heteroatoms. The maximum atomic E-state index is 11.8. The van der Waals surface area contributed by atoms with E-state index in [1.165, 1.54) is 0 Å². The molecule has 2 rings (SSSR count). The lowest BCUT2D eigenvalue weighted by molar-refractivity contribution is -0.108. The summed E-state index contributed by atoms with van der Waals surface area (Å²) in [6.07, 6.45) is 1.77. The average Bonchev–Trinajstić information content (AvgIpc) is 2.69. The number of piperidine rings is 1. The topological polar surface area (TPSA) is 83.6 Å². The standard InChI is InChI=1S/C14H28N2O3S/c1-12(2)9-16-6-3-14(17,4-7-16)13(10-15)5-8-20(18,19)11-13/h12,17H,3-11,15H2,1-2H3. The predicted octanol–water partition coefficient (Wildman–Crippen LogP) is 0.233.